The van der Waals surface area contributed by atoms with Gasteiger partial charge in [-0.05, 0) is 61.7 Å². The number of benzene rings is 2. The largest absolute Gasteiger partial charge is 0.497 e. The minimum absolute atomic E-state index is 0.446. The molecular formula is C22H25F2N3O. The van der Waals surface area contributed by atoms with Crippen LogP contribution in [0.4, 0.5) is 14.5 Å². The summed E-state index contributed by atoms with van der Waals surface area (Å²) in [6.45, 7) is 2.58. The number of ether oxygens (including phenoxy) is 1. The average molecular weight is 385 g/mol. The Labute approximate surface area is 163 Å². The molecule has 2 heterocycles. The predicted octanol–water partition coefficient (Wildman–Crippen LogP) is 4.26. The molecule has 0 unspecified atom stereocenters. The van der Waals surface area contributed by atoms with Crippen LogP contribution in [0.2, 0.25) is 0 Å². The van der Waals surface area contributed by atoms with Crippen molar-refractivity contribution < 1.29 is 13.5 Å². The van der Waals surface area contributed by atoms with E-state index in [4.69, 9.17) is 4.74 Å². The van der Waals surface area contributed by atoms with Gasteiger partial charge in [0.25, 0.3) is 0 Å². The third-order valence-corrected chi connectivity index (χ3v) is 5.57. The molecule has 0 saturated carbocycles. The van der Waals surface area contributed by atoms with Crippen molar-refractivity contribution in [1.82, 2.24) is 10.3 Å². The number of methoxy groups -OCH3 is 1. The number of halogens is 2. The number of anilines is 1. The van der Waals surface area contributed by atoms with E-state index < -0.39 is 11.6 Å². The Balaban J connectivity index is 1.28. The number of hydrogen-bond donors (Lipinski definition) is 2. The van der Waals surface area contributed by atoms with Crippen LogP contribution in [0, 0.1) is 11.6 Å². The molecule has 2 aromatic carbocycles. The summed E-state index contributed by atoms with van der Waals surface area (Å²) < 4.78 is 31.9. The first-order valence-electron chi connectivity index (χ1n) is 9.71. The Hall–Kier alpha value is -2.60. The summed E-state index contributed by atoms with van der Waals surface area (Å²) >= 11 is 0. The van der Waals surface area contributed by atoms with E-state index in [1.807, 2.05) is 12.1 Å². The van der Waals surface area contributed by atoms with Crippen LogP contribution in [-0.4, -0.2) is 37.8 Å². The first kappa shape index (κ1) is 18.7. The van der Waals surface area contributed by atoms with Crippen LogP contribution in [0.3, 0.4) is 0 Å². The van der Waals surface area contributed by atoms with E-state index in [-0.39, 0.29) is 0 Å². The van der Waals surface area contributed by atoms with Gasteiger partial charge in [0.2, 0.25) is 0 Å². The molecule has 4 nitrogen and oxygen atoms in total. The molecule has 6 heteroatoms. The highest BCUT2D eigenvalue weighted by atomic mass is 19.2. The first-order chi connectivity index (χ1) is 13.6. The Morgan fingerprint density at radius 3 is 2.68 bits per heavy atom. The molecular weight excluding hydrogens is 360 g/mol. The lowest BCUT2D eigenvalue weighted by atomic mass is 10.0. The highest BCUT2D eigenvalue weighted by molar-refractivity contribution is 5.84. The van der Waals surface area contributed by atoms with Crippen molar-refractivity contribution >= 4 is 16.6 Å². The minimum atomic E-state index is -0.796. The van der Waals surface area contributed by atoms with E-state index in [0.717, 1.165) is 55.9 Å². The van der Waals surface area contributed by atoms with Gasteiger partial charge in [0.15, 0.2) is 11.6 Å². The van der Waals surface area contributed by atoms with Gasteiger partial charge in [0.05, 0.1) is 7.11 Å². The maximum atomic E-state index is 13.4. The molecule has 28 heavy (non-hydrogen) atoms. The zero-order valence-electron chi connectivity index (χ0n) is 16.0. The van der Waals surface area contributed by atoms with Gasteiger partial charge in [0, 0.05) is 48.0 Å². The molecule has 1 aromatic heterocycles. The van der Waals surface area contributed by atoms with Gasteiger partial charge >= 0.3 is 0 Å². The van der Waals surface area contributed by atoms with Crippen molar-refractivity contribution in [1.29, 1.82) is 0 Å². The summed E-state index contributed by atoms with van der Waals surface area (Å²) in [5.41, 5.74) is 3.15. The third kappa shape index (κ3) is 3.97. The molecule has 0 amide bonds. The molecule has 0 radical (unpaired) electrons. The summed E-state index contributed by atoms with van der Waals surface area (Å²) in [7, 11) is 1.68. The number of aromatic amines is 1. The number of aromatic nitrogens is 1. The number of fused-ring (bicyclic) bond motifs is 1. The van der Waals surface area contributed by atoms with Crippen LogP contribution < -0.4 is 15.0 Å². The molecule has 1 fully saturated rings. The van der Waals surface area contributed by atoms with E-state index >= 15 is 0 Å². The molecule has 3 aromatic rings. The lowest BCUT2D eigenvalue weighted by Gasteiger charge is -2.34. The van der Waals surface area contributed by atoms with Gasteiger partial charge in [-0.25, -0.2) is 8.78 Å². The highest BCUT2D eigenvalue weighted by Crippen LogP contribution is 2.24. The molecule has 148 valence electrons. The SMILES string of the molecule is COc1ccc2[nH]cc(CCNC3CCN(c4ccc(F)c(F)c4)CC3)c2c1. The van der Waals surface area contributed by atoms with Gasteiger partial charge < -0.3 is 19.9 Å². The second-order valence-corrected chi connectivity index (χ2v) is 7.29. The van der Waals surface area contributed by atoms with Crippen LogP contribution in [0.25, 0.3) is 10.9 Å². The van der Waals surface area contributed by atoms with E-state index in [1.165, 1.54) is 23.1 Å². The number of nitrogens with one attached hydrogen (secondary N) is 2. The molecule has 0 bridgehead atoms. The number of piperidine rings is 1. The number of hydrogen-bond acceptors (Lipinski definition) is 3. The van der Waals surface area contributed by atoms with Crippen LogP contribution >= 0.6 is 0 Å². The van der Waals surface area contributed by atoms with E-state index in [2.05, 4.69) is 27.5 Å². The van der Waals surface area contributed by atoms with Gasteiger partial charge in [-0.2, -0.15) is 0 Å². The fourth-order valence-corrected chi connectivity index (χ4v) is 3.93. The van der Waals surface area contributed by atoms with Gasteiger partial charge in [0.1, 0.15) is 5.75 Å². The smallest absolute Gasteiger partial charge is 0.160 e. The fourth-order valence-electron chi connectivity index (χ4n) is 3.93. The lowest BCUT2D eigenvalue weighted by Crippen LogP contribution is -2.43. The molecule has 0 aliphatic carbocycles. The molecule has 1 aliphatic rings. The summed E-state index contributed by atoms with van der Waals surface area (Å²) in [5, 5.41) is 4.84. The number of nitrogens with zero attached hydrogens (tertiary/aromatic N) is 1. The standard InChI is InChI=1S/C22H25F2N3O/c1-28-18-3-5-22-19(13-18)15(14-26-22)6-9-25-16-7-10-27(11-8-16)17-2-4-20(23)21(24)12-17/h2-5,12-14,16,25-26H,6-11H2,1H3. The van der Waals surface area contributed by atoms with E-state index in [1.54, 1.807) is 13.2 Å². The summed E-state index contributed by atoms with van der Waals surface area (Å²) in [6.07, 6.45) is 4.98. The molecule has 1 aliphatic heterocycles. The van der Waals surface area contributed by atoms with Crippen LogP contribution in [0.5, 0.6) is 5.75 Å². The quantitative estimate of drug-likeness (QED) is 0.666. The van der Waals surface area contributed by atoms with Crippen LogP contribution in [0.15, 0.2) is 42.6 Å². The highest BCUT2D eigenvalue weighted by Gasteiger charge is 2.20. The minimum Gasteiger partial charge on any atom is -0.497 e. The van der Waals surface area contributed by atoms with Crippen molar-refractivity contribution in [3.63, 3.8) is 0 Å². The monoisotopic (exact) mass is 385 g/mol. The zero-order chi connectivity index (χ0) is 19.5. The summed E-state index contributed by atoms with van der Waals surface area (Å²) in [6, 6.07) is 10.7. The Bertz CT molecular complexity index is 948. The van der Waals surface area contributed by atoms with Crippen molar-refractivity contribution in [3.8, 4) is 5.75 Å². The maximum absolute atomic E-state index is 13.4. The predicted molar refractivity (Wildman–Crippen MR) is 108 cm³/mol. The van der Waals surface area contributed by atoms with Crippen molar-refractivity contribution in [2.45, 2.75) is 25.3 Å². The lowest BCUT2D eigenvalue weighted by molar-refractivity contribution is 0.415. The summed E-state index contributed by atoms with van der Waals surface area (Å²) in [4.78, 5) is 5.43. The van der Waals surface area contributed by atoms with Crippen molar-refractivity contribution in [2.24, 2.45) is 0 Å². The maximum Gasteiger partial charge on any atom is 0.160 e. The molecule has 1 saturated heterocycles. The Kier molecular flexibility index (Phi) is 5.48. The fraction of sp³-hybridized carbons (Fsp3) is 0.364. The van der Waals surface area contributed by atoms with Crippen molar-refractivity contribution in [3.05, 3.63) is 59.8 Å². The topological polar surface area (TPSA) is 40.3 Å². The normalized spacial score (nSPS) is 15.3. The zero-order valence-corrected chi connectivity index (χ0v) is 16.0. The average Bonchev–Trinajstić information content (AvgIpc) is 3.13. The van der Waals surface area contributed by atoms with Gasteiger partial charge in [-0.15, -0.1) is 0 Å². The van der Waals surface area contributed by atoms with E-state index in [9.17, 15) is 8.78 Å². The molecule has 2 N–H and O–H groups in total. The second-order valence-electron chi connectivity index (χ2n) is 7.29. The molecule has 0 spiro atoms. The first-order valence-corrected chi connectivity index (χ1v) is 9.71. The third-order valence-electron chi connectivity index (χ3n) is 5.57. The molecule has 4 rings (SSSR count). The van der Waals surface area contributed by atoms with Crippen LogP contribution in [0.1, 0.15) is 18.4 Å². The number of rotatable bonds is 6. The van der Waals surface area contributed by atoms with Crippen LogP contribution in [-0.2, 0) is 6.42 Å². The second kappa shape index (κ2) is 8.19. The van der Waals surface area contributed by atoms with E-state index in [0.29, 0.717) is 6.04 Å². The number of H-pyrrole nitrogens is 1. The molecule has 0 atom stereocenters. The van der Waals surface area contributed by atoms with Gasteiger partial charge in [-0.3, -0.25) is 0 Å². The van der Waals surface area contributed by atoms with Crippen molar-refractivity contribution in [2.75, 3.05) is 31.6 Å². The Morgan fingerprint density at radius 1 is 1.11 bits per heavy atom. The summed E-state index contributed by atoms with van der Waals surface area (Å²) in [5.74, 6) is -0.714. The van der Waals surface area contributed by atoms with Gasteiger partial charge in [-0.1, -0.05) is 0 Å². The Morgan fingerprint density at radius 2 is 1.93 bits per heavy atom.